The Morgan fingerprint density at radius 2 is 1.92 bits per heavy atom. The molecule has 4 rings (SSSR count). The molecule has 0 aliphatic heterocycles. The molecule has 0 saturated heterocycles. The van der Waals surface area contributed by atoms with Crippen LogP contribution in [-0.4, -0.2) is 15.9 Å². The molecule has 0 spiro atoms. The van der Waals surface area contributed by atoms with Crippen LogP contribution in [0.1, 0.15) is 5.89 Å². The van der Waals surface area contributed by atoms with Gasteiger partial charge in [0, 0.05) is 28.1 Å². The summed E-state index contributed by atoms with van der Waals surface area (Å²) in [5, 5.41) is 5.80. The summed E-state index contributed by atoms with van der Waals surface area (Å²) < 4.78 is 5.54. The Morgan fingerprint density at radius 1 is 1.12 bits per heavy atom. The molecule has 26 heavy (non-hydrogen) atoms. The lowest BCUT2D eigenvalue weighted by atomic mass is 10.2. The van der Waals surface area contributed by atoms with Crippen molar-refractivity contribution < 1.29 is 9.21 Å². The predicted octanol–water partition coefficient (Wildman–Crippen LogP) is 5.26. The number of hydrogen-bond donors (Lipinski definition) is 1. The van der Waals surface area contributed by atoms with Crippen LogP contribution in [0.2, 0.25) is 5.02 Å². The van der Waals surface area contributed by atoms with Crippen LogP contribution < -0.4 is 5.32 Å². The number of thiazole rings is 1. The Kier molecular flexibility index (Phi) is 4.51. The Hall–Kier alpha value is -2.96. The molecular weight excluding hydrogens is 370 g/mol. The normalized spacial score (nSPS) is 11.3. The Labute approximate surface area is 158 Å². The number of benzene rings is 2. The summed E-state index contributed by atoms with van der Waals surface area (Å²) in [6, 6.07) is 14.8. The van der Waals surface area contributed by atoms with E-state index < -0.39 is 0 Å². The van der Waals surface area contributed by atoms with E-state index in [1.807, 2.05) is 41.8 Å². The lowest BCUT2D eigenvalue weighted by Crippen LogP contribution is -2.07. The van der Waals surface area contributed by atoms with Crippen LogP contribution in [0.3, 0.4) is 0 Å². The molecule has 0 aliphatic carbocycles. The van der Waals surface area contributed by atoms with Gasteiger partial charge in [-0.3, -0.25) is 10.1 Å². The van der Waals surface area contributed by atoms with Gasteiger partial charge >= 0.3 is 0 Å². The second-order valence-electron chi connectivity index (χ2n) is 5.39. The van der Waals surface area contributed by atoms with E-state index in [0.717, 1.165) is 16.8 Å². The van der Waals surface area contributed by atoms with E-state index in [1.54, 1.807) is 12.1 Å². The van der Waals surface area contributed by atoms with E-state index >= 15 is 0 Å². The highest BCUT2D eigenvalue weighted by atomic mass is 35.5. The van der Waals surface area contributed by atoms with Gasteiger partial charge in [-0.05, 0) is 24.3 Å². The largest absolute Gasteiger partial charge is 0.437 e. The van der Waals surface area contributed by atoms with Gasteiger partial charge in [0.1, 0.15) is 5.52 Å². The molecule has 0 saturated carbocycles. The molecule has 0 fully saturated rings. The van der Waals surface area contributed by atoms with Gasteiger partial charge in [0.25, 0.3) is 0 Å². The van der Waals surface area contributed by atoms with Crippen LogP contribution in [-0.2, 0) is 4.79 Å². The Bertz CT molecular complexity index is 1070. The van der Waals surface area contributed by atoms with Crippen molar-refractivity contribution in [3.8, 4) is 11.3 Å². The molecule has 1 N–H and O–H groups in total. The van der Waals surface area contributed by atoms with Crippen molar-refractivity contribution in [2.45, 2.75) is 0 Å². The SMILES string of the molecule is O=C(/C=C/c1nc2ccccc2o1)Nc1nc(-c2ccc(Cl)cc2)cs1. The predicted molar refractivity (Wildman–Crippen MR) is 104 cm³/mol. The van der Waals surface area contributed by atoms with Gasteiger partial charge in [-0.15, -0.1) is 11.3 Å². The van der Waals surface area contributed by atoms with Crippen LogP contribution in [0.5, 0.6) is 0 Å². The number of anilines is 1. The number of aromatic nitrogens is 2. The minimum absolute atomic E-state index is 0.302. The standard InChI is InChI=1S/C19H12ClN3O2S/c20-13-7-5-12(6-8-13)15-11-26-19(22-15)23-17(24)9-10-18-21-14-3-1-2-4-16(14)25-18/h1-11H,(H,22,23,24)/b10-9+. The second kappa shape index (κ2) is 7.11. The maximum Gasteiger partial charge on any atom is 0.250 e. The second-order valence-corrected chi connectivity index (χ2v) is 6.68. The molecular formula is C19H12ClN3O2S. The third-order valence-electron chi connectivity index (χ3n) is 3.56. The maximum atomic E-state index is 12.1. The minimum atomic E-state index is -0.302. The van der Waals surface area contributed by atoms with Gasteiger partial charge in [0.15, 0.2) is 10.7 Å². The fraction of sp³-hybridized carbons (Fsp3) is 0. The van der Waals surface area contributed by atoms with E-state index in [-0.39, 0.29) is 5.91 Å². The zero-order chi connectivity index (χ0) is 17.9. The van der Waals surface area contributed by atoms with E-state index in [0.29, 0.717) is 21.6 Å². The third kappa shape index (κ3) is 3.66. The van der Waals surface area contributed by atoms with Gasteiger partial charge in [-0.25, -0.2) is 9.97 Å². The number of fused-ring (bicyclic) bond motifs is 1. The van der Waals surface area contributed by atoms with Crippen LogP contribution in [0.15, 0.2) is 64.4 Å². The first-order chi connectivity index (χ1) is 12.7. The summed E-state index contributed by atoms with van der Waals surface area (Å²) in [6.07, 6.45) is 2.90. The fourth-order valence-corrected chi connectivity index (χ4v) is 3.19. The monoisotopic (exact) mass is 381 g/mol. The maximum absolute atomic E-state index is 12.1. The zero-order valence-corrected chi connectivity index (χ0v) is 14.9. The summed E-state index contributed by atoms with van der Waals surface area (Å²) in [5.74, 6) is 0.0756. The van der Waals surface area contributed by atoms with E-state index in [1.165, 1.54) is 23.5 Å². The number of para-hydroxylation sites is 2. The lowest BCUT2D eigenvalue weighted by Gasteiger charge is -1.97. The zero-order valence-electron chi connectivity index (χ0n) is 13.3. The molecule has 0 bridgehead atoms. The number of carbonyl (C=O) groups excluding carboxylic acids is 1. The van der Waals surface area contributed by atoms with Crippen molar-refractivity contribution in [2.24, 2.45) is 0 Å². The van der Waals surface area contributed by atoms with Crippen molar-refractivity contribution in [3.05, 3.63) is 70.9 Å². The number of nitrogens with one attached hydrogen (secondary N) is 1. The molecule has 7 heteroatoms. The van der Waals surface area contributed by atoms with Gasteiger partial charge in [0.05, 0.1) is 5.69 Å². The molecule has 2 heterocycles. The highest BCUT2D eigenvalue weighted by Crippen LogP contribution is 2.26. The molecule has 0 radical (unpaired) electrons. The molecule has 2 aromatic carbocycles. The highest BCUT2D eigenvalue weighted by molar-refractivity contribution is 7.14. The first kappa shape index (κ1) is 16.5. The molecule has 0 atom stereocenters. The molecule has 1 amide bonds. The molecule has 2 aromatic heterocycles. The van der Waals surface area contributed by atoms with Gasteiger partial charge < -0.3 is 4.42 Å². The molecule has 128 valence electrons. The first-order valence-electron chi connectivity index (χ1n) is 7.73. The number of nitrogens with zero attached hydrogens (tertiary/aromatic N) is 2. The van der Waals surface area contributed by atoms with Crippen LogP contribution in [0.25, 0.3) is 28.4 Å². The van der Waals surface area contributed by atoms with Crippen LogP contribution in [0.4, 0.5) is 5.13 Å². The highest BCUT2D eigenvalue weighted by Gasteiger charge is 2.07. The van der Waals surface area contributed by atoms with Gasteiger partial charge in [-0.1, -0.05) is 35.9 Å². The molecule has 4 aromatic rings. The van der Waals surface area contributed by atoms with E-state index in [2.05, 4.69) is 15.3 Å². The third-order valence-corrected chi connectivity index (χ3v) is 4.57. The number of rotatable bonds is 4. The summed E-state index contributed by atoms with van der Waals surface area (Å²) in [5.41, 5.74) is 3.15. The number of hydrogen-bond acceptors (Lipinski definition) is 5. The number of amides is 1. The Balaban J connectivity index is 1.44. The van der Waals surface area contributed by atoms with Crippen molar-refractivity contribution in [3.63, 3.8) is 0 Å². The lowest BCUT2D eigenvalue weighted by molar-refractivity contribution is -0.111. The molecule has 5 nitrogen and oxygen atoms in total. The van der Waals surface area contributed by atoms with Crippen LogP contribution >= 0.6 is 22.9 Å². The number of halogens is 1. The average molecular weight is 382 g/mol. The summed E-state index contributed by atoms with van der Waals surface area (Å²) in [7, 11) is 0. The van der Waals surface area contributed by atoms with Gasteiger partial charge in [-0.2, -0.15) is 0 Å². The number of oxazole rings is 1. The van der Waals surface area contributed by atoms with Gasteiger partial charge in [0.2, 0.25) is 11.8 Å². The van der Waals surface area contributed by atoms with E-state index in [4.69, 9.17) is 16.0 Å². The van der Waals surface area contributed by atoms with Crippen LogP contribution in [0, 0.1) is 0 Å². The fourth-order valence-electron chi connectivity index (χ4n) is 2.34. The summed E-state index contributed by atoms with van der Waals surface area (Å²) in [6.45, 7) is 0. The number of carbonyl (C=O) groups is 1. The topological polar surface area (TPSA) is 68.0 Å². The quantitative estimate of drug-likeness (QED) is 0.490. The van der Waals surface area contributed by atoms with Crippen molar-refractivity contribution in [1.82, 2.24) is 9.97 Å². The van der Waals surface area contributed by atoms with E-state index in [9.17, 15) is 4.79 Å². The van der Waals surface area contributed by atoms with Crippen molar-refractivity contribution in [2.75, 3.05) is 5.32 Å². The molecule has 0 aliphatic rings. The Morgan fingerprint density at radius 3 is 2.73 bits per heavy atom. The molecule has 0 unspecified atom stereocenters. The smallest absolute Gasteiger partial charge is 0.250 e. The summed E-state index contributed by atoms with van der Waals surface area (Å²) in [4.78, 5) is 20.8. The van der Waals surface area contributed by atoms with Crippen molar-refractivity contribution in [1.29, 1.82) is 0 Å². The summed E-state index contributed by atoms with van der Waals surface area (Å²) >= 11 is 7.24. The van der Waals surface area contributed by atoms with Crippen molar-refractivity contribution >= 4 is 51.2 Å². The average Bonchev–Trinajstić information content (AvgIpc) is 3.27. The minimum Gasteiger partial charge on any atom is -0.437 e. The first-order valence-corrected chi connectivity index (χ1v) is 8.99.